The van der Waals surface area contributed by atoms with Crippen LogP contribution in [0.1, 0.15) is 10.4 Å². The Kier molecular flexibility index (Phi) is 2.33. The Morgan fingerprint density at radius 3 is 2.67 bits per heavy atom. The van der Waals surface area contributed by atoms with Gasteiger partial charge in [-0.15, -0.1) is 0 Å². The summed E-state index contributed by atoms with van der Waals surface area (Å²) in [4.78, 5) is 16.6. The monoisotopic (exact) mass is 205 g/mol. The van der Waals surface area contributed by atoms with Gasteiger partial charge in [0.2, 0.25) is 0 Å². The highest BCUT2D eigenvalue weighted by molar-refractivity contribution is 6.04. The summed E-state index contributed by atoms with van der Waals surface area (Å²) in [6.07, 6.45) is 1.62. The predicted molar refractivity (Wildman–Crippen MR) is 55.8 cm³/mol. The number of carbonyl (C=O) groups excluding carboxylic acids is 1. The van der Waals surface area contributed by atoms with Crippen LogP contribution in [0.5, 0.6) is 0 Å². The van der Waals surface area contributed by atoms with Crippen LogP contribution in [0.15, 0.2) is 30.5 Å². The van der Waals surface area contributed by atoms with Crippen LogP contribution >= 0.6 is 0 Å². The summed E-state index contributed by atoms with van der Waals surface area (Å²) in [5.41, 5.74) is 1.36. The topological polar surface area (TPSA) is 40.5 Å². The molecule has 0 saturated carbocycles. The molecule has 2 aromatic rings. The van der Waals surface area contributed by atoms with E-state index >= 15 is 0 Å². The van der Waals surface area contributed by atoms with Crippen molar-refractivity contribution < 1.29 is 14.4 Å². The zero-order chi connectivity index (χ0) is 10.8. The summed E-state index contributed by atoms with van der Waals surface area (Å²) >= 11 is 0. The molecule has 0 aliphatic carbocycles. The van der Waals surface area contributed by atoms with Crippen molar-refractivity contribution in [2.45, 2.75) is 0 Å². The lowest BCUT2D eigenvalue weighted by Gasteiger charge is -1.99. The van der Waals surface area contributed by atoms with Crippen LogP contribution in [0.25, 0.3) is 10.9 Å². The molecular formula is C11H11NO3. The standard InChI is InChI=1S/C11H11NO3/c1-14-11(13)9-7-12(15-2)10-6-4-3-5-8(9)10/h3-7H,1-2H3. The third-order valence-corrected chi connectivity index (χ3v) is 2.28. The zero-order valence-electron chi connectivity index (χ0n) is 8.56. The molecule has 0 saturated heterocycles. The SMILES string of the molecule is COC(=O)c1cn(OC)c2ccccc12. The Labute approximate surface area is 87.0 Å². The molecule has 4 nitrogen and oxygen atoms in total. The molecule has 15 heavy (non-hydrogen) atoms. The molecule has 0 unspecified atom stereocenters. The van der Waals surface area contributed by atoms with Crippen LogP contribution < -0.4 is 4.84 Å². The lowest BCUT2D eigenvalue weighted by Crippen LogP contribution is -2.04. The molecule has 0 bridgehead atoms. The average Bonchev–Trinajstić information content (AvgIpc) is 2.67. The first-order valence-corrected chi connectivity index (χ1v) is 4.51. The first kappa shape index (κ1) is 9.58. The molecule has 0 radical (unpaired) electrons. The maximum Gasteiger partial charge on any atom is 0.340 e. The summed E-state index contributed by atoms with van der Waals surface area (Å²) in [5.74, 6) is -0.359. The normalized spacial score (nSPS) is 10.3. The molecular weight excluding hydrogens is 194 g/mol. The fourth-order valence-electron chi connectivity index (χ4n) is 1.57. The number of hydrogen-bond acceptors (Lipinski definition) is 3. The maximum atomic E-state index is 11.5. The Hall–Kier alpha value is -1.97. The minimum absolute atomic E-state index is 0.359. The average molecular weight is 205 g/mol. The van der Waals surface area contributed by atoms with Gasteiger partial charge in [0, 0.05) is 5.39 Å². The van der Waals surface area contributed by atoms with Gasteiger partial charge in [-0.2, -0.15) is 4.73 Å². The van der Waals surface area contributed by atoms with E-state index in [1.54, 1.807) is 18.0 Å². The number of aromatic nitrogens is 1. The van der Waals surface area contributed by atoms with Crippen molar-refractivity contribution in [3.8, 4) is 0 Å². The summed E-state index contributed by atoms with van der Waals surface area (Å²) < 4.78 is 6.24. The summed E-state index contributed by atoms with van der Waals surface area (Å²) in [6, 6.07) is 7.50. The molecule has 0 fully saturated rings. The van der Waals surface area contributed by atoms with E-state index < -0.39 is 0 Å². The van der Waals surface area contributed by atoms with E-state index in [4.69, 9.17) is 9.57 Å². The van der Waals surface area contributed by atoms with Crippen LogP contribution in [0.3, 0.4) is 0 Å². The zero-order valence-corrected chi connectivity index (χ0v) is 8.56. The number of rotatable bonds is 2. The van der Waals surface area contributed by atoms with Crippen molar-refractivity contribution in [1.82, 2.24) is 4.73 Å². The summed E-state index contributed by atoms with van der Waals surface area (Å²) in [6.45, 7) is 0. The molecule has 0 spiro atoms. The molecule has 2 rings (SSSR count). The molecule has 0 aliphatic heterocycles. The fourth-order valence-corrected chi connectivity index (χ4v) is 1.57. The van der Waals surface area contributed by atoms with Gasteiger partial charge in [-0.05, 0) is 6.07 Å². The van der Waals surface area contributed by atoms with E-state index in [-0.39, 0.29) is 5.97 Å². The highest BCUT2D eigenvalue weighted by Gasteiger charge is 2.14. The van der Waals surface area contributed by atoms with Gasteiger partial charge in [0.25, 0.3) is 0 Å². The summed E-state index contributed by atoms with van der Waals surface area (Å²) in [5, 5.41) is 0.825. The lowest BCUT2D eigenvalue weighted by atomic mass is 10.2. The van der Waals surface area contributed by atoms with E-state index in [0.717, 1.165) is 10.9 Å². The number of carbonyl (C=O) groups is 1. The van der Waals surface area contributed by atoms with Gasteiger partial charge in [0.1, 0.15) is 7.11 Å². The number of para-hydroxylation sites is 1. The number of hydrogen-bond donors (Lipinski definition) is 0. The highest BCUT2D eigenvalue weighted by atomic mass is 16.6. The minimum Gasteiger partial charge on any atom is -0.465 e. The first-order chi connectivity index (χ1) is 7.27. The van der Waals surface area contributed by atoms with E-state index in [0.29, 0.717) is 5.56 Å². The van der Waals surface area contributed by atoms with Crippen molar-refractivity contribution in [3.05, 3.63) is 36.0 Å². The second-order valence-electron chi connectivity index (χ2n) is 3.06. The van der Waals surface area contributed by atoms with Crippen molar-refractivity contribution in [2.24, 2.45) is 0 Å². The quantitative estimate of drug-likeness (QED) is 0.697. The van der Waals surface area contributed by atoms with E-state index in [2.05, 4.69) is 0 Å². The Morgan fingerprint density at radius 2 is 2.00 bits per heavy atom. The van der Waals surface area contributed by atoms with E-state index in [1.807, 2.05) is 24.3 Å². The fraction of sp³-hybridized carbons (Fsp3) is 0.182. The third kappa shape index (κ3) is 1.44. The number of nitrogens with zero attached hydrogens (tertiary/aromatic N) is 1. The molecule has 78 valence electrons. The molecule has 0 atom stereocenters. The van der Waals surface area contributed by atoms with Gasteiger partial charge < -0.3 is 9.57 Å². The minimum atomic E-state index is -0.359. The molecule has 1 aromatic carbocycles. The first-order valence-electron chi connectivity index (χ1n) is 4.51. The van der Waals surface area contributed by atoms with Crippen molar-refractivity contribution in [3.63, 3.8) is 0 Å². The highest BCUT2D eigenvalue weighted by Crippen LogP contribution is 2.20. The van der Waals surface area contributed by atoms with Crippen molar-refractivity contribution in [2.75, 3.05) is 14.2 Å². The Bertz CT molecular complexity index is 502. The molecule has 0 amide bonds. The molecule has 0 N–H and O–H groups in total. The third-order valence-electron chi connectivity index (χ3n) is 2.28. The van der Waals surface area contributed by atoms with Gasteiger partial charge in [-0.1, -0.05) is 18.2 Å². The second-order valence-corrected chi connectivity index (χ2v) is 3.06. The predicted octanol–water partition coefficient (Wildman–Crippen LogP) is 1.49. The lowest BCUT2D eigenvalue weighted by molar-refractivity contribution is 0.0600. The molecule has 1 heterocycles. The second kappa shape index (κ2) is 3.65. The van der Waals surface area contributed by atoms with Gasteiger partial charge in [0.15, 0.2) is 0 Å². The largest absolute Gasteiger partial charge is 0.465 e. The maximum absolute atomic E-state index is 11.5. The van der Waals surface area contributed by atoms with Crippen molar-refractivity contribution >= 4 is 16.9 Å². The summed E-state index contributed by atoms with van der Waals surface area (Å²) in [7, 11) is 2.91. The molecule has 0 aliphatic rings. The Morgan fingerprint density at radius 1 is 1.27 bits per heavy atom. The number of ether oxygens (including phenoxy) is 1. The number of benzene rings is 1. The van der Waals surface area contributed by atoms with Gasteiger partial charge in [-0.3, -0.25) is 0 Å². The van der Waals surface area contributed by atoms with Crippen LogP contribution in [0.2, 0.25) is 0 Å². The van der Waals surface area contributed by atoms with Crippen LogP contribution in [0.4, 0.5) is 0 Å². The van der Waals surface area contributed by atoms with Crippen LogP contribution in [-0.2, 0) is 4.74 Å². The van der Waals surface area contributed by atoms with Gasteiger partial charge in [0.05, 0.1) is 24.4 Å². The number of fused-ring (bicyclic) bond motifs is 1. The van der Waals surface area contributed by atoms with E-state index in [1.165, 1.54) is 7.11 Å². The van der Waals surface area contributed by atoms with E-state index in [9.17, 15) is 4.79 Å². The van der Waals surface area contributed by atoms with Gasteiger partial charge in [-0.25, -0.2) is 4.79 Å². The van der Waals surface area contributed by atoms with Gasteiger partial charge >= 0.3 is 5.97 Å². The van der Waals surface area contributed by atoms with Crippen LogP contribution in [0, 0.1) is 0 Å². The molecule has 4 heteroatoms. The van der Waals surface area contributed by atoms with Crippen molar-refractivity contribution in [1.29, 1.82) is 0 Å². The smallest absolute Gasteiger partial charge is 0.340 e. The number of esters is 1. The molecule has 1 aromatic heterocycles. The van der Waals surface area contributed by atoms with Crippen LogP contribution in [-0.4, -0.2) is 24.9 Å². The number of methoxy groups -OCH3 is 1. The Balaban J connectivity index is 2.70.